The molecule has 0 spiro atoms. The number of esters is 1. The monoisotopic (exact) mass is 1070 g/mol. The van der Waals surface area contributed by atoms with Gasteiger partial charge in [0.2, 0.25) is 11.8 Å². The van der Waals surface area contributed by atoms with E-state index in [-0.39, 0.29) is 23.7 Å². The van der Waals surface area contributed by atoms with Crippen molar-refractivity contribution in [3.8, 4) is 0 Å². The average molecular weight is 1070 g/mol. The molecule has 0 radical (unpaired) electrons. The SMILES string of the molecule is CCCCCCCCCCCCCCC(CCCCCCCCCCCCCC)C(=O)N(CCCCCN1CCCC1)C1(C(=O)NCCCCC(=O)OCC(CCCCCCCC)CCCCCCCCCC)CCC1. The molecule has 0 aromatic rings. The van der Waals surface area contributed by atoms with Gasteiger partial charge >= 0.3 is 5.97 Å². The van der Waals surface area contributed by atoms with Crippen LogP contribution in [0.2, 0.25) is 0 Å². The second-order valence-corrected chi connectivity index (χ2v) is 25.1. The summed E-state index contributed by atoms with van der Waals surface area (Å²) in [6.07, 6.45) is 64.9. The third-order valence-electron chi connectivity index (χ3n) is 18.1. The number of hydrogen-bond acceptors (Lipinski definition) is 5. The Kier molecular flexibility index (Phi) is 47.8. The molecule has 1 heterocycles. The summed E-state index contributed by atoms with van der Waals surface area (Å²) in [6, 6.07) is 0. The number of ether oxygens (including phenoxy) is 1. The van der Waals surface area contributed by atoms with Crippen molar-refractivity contribution in [1.82, 2.24) is 15.1 Å². The number of rotatable bonds is 58. The molecule has 448 valence electrons. The molecular formula is C69H133N3O4. The van der Waals surface area contributed by atoms with Gasteiger partial charge in [-0.2, -0.15) is 0 Å². The number of amides is 2. The molecule has 2 fully saturated rings. The van der Waals surface area contributed by atoms with Crippen LogP contribution in [0.4, 0.5) is 0 Å². The number of hydrogen-bond donors (Lipinski definition) is 1. The van der Waals surface area contributed by atoms with Gasteiger partial charge in [0.15, 0.2) is 0 Å². The van der Waals surface area contributed by atoms with E-state index in [9.17, 15) is 9.59 Å². The number of nitrogens with one attached hydrogen (secondary N) is 1. The Hall–Kier alpha value is -1.63. The van der Waals surface area contributed by atoms with Gasteiger partial charge in [-0.05, 0) is 109 Å². The molecule has 76 heavy (non-hydrogen) atoms. The second kappa shape index (κ2) is 51.5. The van der Waals surface area contributed by atoms with Crippen molar-refractivity contribution >= 4 is 17.8 Å². The van der Waals surface area contributed by atoms with E-state index in [0.29, 0.717) is 38.5 Å². The zero-order valence-corrected chi connectivity index (χ0v) is 51.9. The smallest absolute Gasteiger partial charge is 0.305 e. The lowest BCUT2D eigenvalue weighted by molar-refractivity contribution is -0.157. The van der Waals surface area contributed by atoms with Crippen molar-refractivity contribution < 1.29 is 19.1 Å². The van der Waals surface area contributed by atoms with Crippen LogP contribution in [0, 0.1) is 11.8 Å². The summed E-state index contributed by atoms with van der Waals surface area (Å²) in [5, 5.41) is 3.35. The van der Waals surface area contributed by atoms with Crippen molar-refractivity contribution in [1.29, 1.82) is 0 Å². The van der Waals surface area contributed by atoms with Gasteiger partial charge in [-0.15, -0.1) is 0 Å². The lowest BCUT2D eigenvalue weighted by Crippen LogP contribution is -2.65. The summed E-state index contributed by atoms with van der Waals surface area (Å²) in [5.41, 5.74) is -0.726. The molecule has 1 saturated heterocycles. The molecule has 1 aliphatic heterocycles. The first-order valence-electron chi connectivity index (χ1n) is 34.9. The van der Waals surface area contributed by atoms with Gasteiger partial charge in [0.25, 0.3) is 0 Å². The number of carbonyl (C=O) groups is 3. The first-order chi connectivity index (χ1) is 37.4. The normalized spacial score (nSPS) is 14.9. The maximum Gasteiger partial charge on any atom is 0.305 e. The number of nitrogens with zero attached hydrogens (tertiary/aromatic N) is 2. The Labute approximate surface area is 474 Å². The van der Waals surface area contributed by atoms with Gasteiger partial charge in [-0.25, -0.2) is 0 Å². The minimum atomic E-state index is -0.726. The van der Waals surface area contributed by atoms with Gasteiger partial charge in [0.1, 0.15) is 5.54 Å². The number of unbranched alkanes of at least 4 members (excludes halogenated alkanes) is 37. The fourth-order valence-corrected chi connectivity index (χ4v) is 12.7. The van der Waals surface area contributed by atoms with Crippen LogP contribution in [0.3, 0.4) is 0 Å². The highest BCUT2D eigenvalue weighted by atomic mass is 16.5. The fourth-order valence-electron chi connectivity index (χ4n) is 12.7. The maximum absolute atomic E-state index is 15.2. The summed E-state index contributed by atoms with van der Waals surface area (Å²) in [7, 11) is 0. The largest absolute Gasteiger partial charge is 0.465 e. The molecule has 2 amide bonds. The summed E-state index contributed by atoms with van der Waals surface area (Å²) in [4.78, 5) is 47.6. The van der Waals surface area contributed by atoms with Crippen LogP contribution in [0.25, 0.3) is 0 Å². The topological polar surface area (TPSA) is 79.0 Å². The molecule has 0 aromatic carbocycles. The van der Waals surface area contributed by atoms with Gasteiger partial charge in [0, 0.05) is 25.4 Å². The van der Waals surface area contributed by atoms with Crippen LogP contribution in [-0.2, 0) is 19.1 Å². The highest BCUT2D eigenvalue weighted by Crippen LogP contribution is 2.40. The van der Waals surface area contributed by atoms with E-state index in [1.165, 1.54) is 276 Å². The molecule has 1 unspecified atom stereocenters. The molecule has 1 aliphatic carbocycles. The van der Waals surface area contributed by atoms with Crippen LogP contribution >= 0.6 is 0 Å². The van der Waals surface area contributed by atoms with E-state index in [0.717, 1.165) is 70.8 Å². The molecule has 0 aromatic heterocycles. The van der Waals surface area contributed by atoms with E-state index < -0.39 is 5.54 Å². The zero-order chi connectivity index (χ0) is 54.7. The molecule has 1 N–H and O–H groups in total. The van der Waals surface area contributed by atoms with Crippen LogP contribution in [0.1, 0.15) is 368 Å². The minimum absolute atomic E-state index is 0.0119. The molecule has 0 bridgehead atoms. The van der Waals surface area contributed by atoms with E-state index in [1.54, 1.807) is 0 Å². The summed E-state index contributed by atoms with van der Waals surface area (Å²) >= 11 is 0. The van der Waals surface area contributed by atoms with Crippen molar-refractivity contribution in [2.45, 2.75) is 374 Å². The maximum atomic E-state index is 15.2. The Bertz CT molecular complexity index is 1270. The molecule has 1 atom stereocenters. The zero-order valence-electron chi connectivity index (χ0n) is 51.9. The van der Waals surface area contributed by atoms with Crippen LogP contribution < -0.4 is 5.32 Å². The molecule has 1 saturated carbocycles. The lowest BCUT2D eigenvalue weighted by Gasteiger charge is -2.50. The van der Waals surface area contributed by atoms with Crippen LogP contribution in [0.15, 0.2) is 0 Å². The van der Waals surface area contributed by atoms with Crippen molar-refractivity contribution in [3.63, 3.8) is 0 Å². The Morgan fingerprint density at radius 2 is 0.829 bits per heavy atom. The van der Waals surface area contributed by atoms with Crippen molar-refractivity contribution in [2.75, 3.05) is 39.3 Å². The molecular weight excluding hydrogens is 935 g/mol. The molecule has 2 rings (SSSR count). The summed E-state index contributed by atoms with van der Waals surface area (Å²) in [5.74, 6) is 0.732. The second-order valence-electron chi connectivity index (χ2n) is 25.1. The summed E-state index contributed by atoms with van der Waals surface area (Å²) < 4.78 is 5.97. The fraction of sp³-hybridized carbons (Fsp3) is 0.957. The van der Waals surface area contributed by atoms with Gasteiger partial charge in [0.05, 0.1) is 6.61 Å². The predicted octanol–water partition coefficient (Wildman–Crippen LogP) is 20.5. The lowest BCUT2D eigenvalue weighted by atomic mass is 9.73. The third kappa shape index (κ3) is 36.6. The molecule has 2 aliphatic rings. The quantitative estimate of drug-likeness (QED) is 0.0485. The van der Waals surface area contributed by atoms with E-state index >= 15 is 4.79 Å². The van der Waals surface area contributed by atoms with Gasteiger partial charge in [-0.3, -0.25) is 14.4 Å². The summed E-state index contributed by atoms with van der Waals surface area (Å²) in [6.45, 7) is 14.6. The Balaban J connectivity index is 2.00. The van der Waals surface area contributed by atoms with Crippen LogP contribution in [-0.4, -0.2) is 72.5 Å². The third-order valence-corrected chi connectivity index (χ3v) is 18.1. The standard InChI is InChI=1S/C69H133N3O4/c1-5-9-13-17-21-24-26-28-30-33-37-42-53-65(54-43-38-34-31-29-27-25-22-18-14-10-6-2)67(74)72(62-47-39-46-59-71-60-48-49-61-71)69(56-50-57-69)68(75)70-58-45-44-55-66(73)76-63-64(51-40-35-20-16-12-8-4)52-41-36-32-23-19-15-11-7-3/h64-65H,5-63H2,1-4H3,(H,70,75). The van der Waals surface area contributed by atoms with E-state index in [1.807, 2.05) is 0 Å². The average Bonchev–Trinajstić information content (AvgIpc) is 3.95. The van der Waals surface area contributed by atoms with Gasteiger partial charge in [-0.1, -0.05) is 278 Å². The first kappa shape index (κ1) is 70.5. The highest BCUT2D eigenvalue weighted by molar-refractivity contribution is 5.93. The van der Waals surface area contributed by atoms with Crippen molar-refractivity contribution in [3.05, 3.63) is 0 Å². The number of carbonyl (C=O) groups excluding carboxylic acids is 3. The van der Waals surface area contributed by atoms with E-state index in [4.69, 9.17) is 4.74 Å². The molecule has 7 heteroatoms. The van der Waals surface area contributed by atoms with E-state index in [2.05, 4.69) is 42.8 Å². The Morgan fingerprint density at radius 3 is 1.22 bits per heavy atom. The minimum Gasteiger partial charge on any atom is -0.465 e. The van der Waals surface area contributed by atoms with Crippen molar-refractivity contribution in [2.24, 2.45) is 11.8 Å². The molecule has 7 nitrogen and oxygen atoms in total. The Morgan fingerprint density at radius 1 is 0.447 bits per heavy atom. The van der Waals surface area contributed by atoms with Gasteiger partial charge < -0.3 is 19.9 Å². The highest BCUT2D eigenvalue weighted by Gasteiger charge is 2.51. The van der Waals surface area contributed by atoms with Crippen LogP contribution in [0.5, 0.6) is 0 Å². The first-order valence-corrected chi connectivity index (χ1v) is 34.9. The predicted molar refractivity (Wildman–Crippen MR) is 329 cm³/mol. The number of likely N-dealkylation sites (tertiary alicyclic amines) is 1.